The van der Waals surface area contributed by atoms with Crippen LogP contribution in [0.2, 0.25) is 0 Å². The minimum absolute atomic E-state index is 0. The van der Waals surface area contributed by atoms with Crippen molar-refractivity contribution in [2.75, 3.05) is 51.2 Å². The Hall–Kier alpha value is -0.610. The summed E-state index contributed by atoms with van der Waals surface area (Å²) < 4.78 is 0. The molecule has 0 amide bonds. The lowest BCUT2D eigenvalue weighted by molar-refractivity contribution is 0.160. The van der Waals surface area contributed by atoms with Gasteiger partial charge in [-0.2, -0.15) is 0 Å². The van der Waals surface area contributed by atoms with E-state index in [1.54, 1.807) is 11.3 Å². The summed E-state index contributed by atoms with van der Waals surface area (Å²) in [5, 5.41) is 10.6. The molecule has 3 aliphatic rings. The summed E-state index contributed by atoms with van der Waals surface area (Å²) in [4.78, 5) is 14.4. The fourth-order valence-corrected chi connectivity index (χ4v) is 6.07. The first-order valence-corrected chi connectivity index (χ1v) is 13.1. The number of halogens is 1. The Kier molecular flexibility index (Phi) is 10.6. The maximum absolute atomic E-state index is 4.83. The molecule has 0 unspecified atom stereocenters. The summed E-state index contributed by atoms with van der Waals surface area (Å²) in [5.41, 5.74) is 1.20. The number of hydrogen-bond acceptors (Lipinski definition) is 5. The molecule has 1 aliphatic carbocycles. The van der Waals surface area contributed by atoms with Crippen LogP contribution in [-0.2, 0) is 6.42 Å². The van der Waals surface area contributed by atoms with E-state index in [9.17, 15) is 0 Å². The number of nitrogens with zero attached hydrogens (tertiary/aromatic N) is 4. The first kappa shape index (κ1) is 25.0. The largest absolute Gasteiger partial charge is 0.356 e. The highest BCUT2D eigenvalue weighted by molar-refractivity contribution is 14.0. The van der Waals surface area contributed by atoms with Gasteiger partial charge in [0, 0.05) is 64.2 Å². The number of piperidine rings is 1. The second-order valence-corrected chi connectivity index (χ2v) is 10.1. The normalized spacial score (nSPS) is 21.8. The first-order valence-electron chi connectivity index (χ1n) is 12.2. The van der Waals surface area contributed by atoms with Gasteiger partial charge in [-0.1, -0.05) is 19.3 Å². The van der Waals surface area contributed by atoms with E-state index in [1.807, 2.05) is 7.05 Å². The van der Waals surface area contributed by atoms with Crippen molar-refractivity contribution in [2.45, 2.75) is 70.3 Å². The standard InChI is InChI=1S/C23H40N6S.HI/c1-24-22(25-12-9-21-18-30-23(27-21)29-13-5-6-14-29)26-20-10-15-28(16-11-20)17-19-7-3-2-4-8-19;/h18-20H,2-17H2,1H3,(H2,24,25,26);1H. The minimum Gasteiger partial charge on any atom is -0.356 e. The molecule has 4 rings (SSSR count). The third-order valence-corrected chi connectivity index (χ3v) is 7.93. The van der Waals surface area contributed by atoms with E-state index in [4.69, 9.17) is 4.98 Å². The molecule has 3 heterocycles. The van der Waals surface area contributed by atoms with Gasteiger partial charge in [0.2, 0.25) is 0 Å². The van der Waals surface area contributed by atoms with Crippen LogP contribution in [0.1, 0.15) is 63.5 Å². The predicted octanol–water partition coefficient (Wildman–Crippen LogP) is 4.11. The van der Waals surface area contributed by atoms with E-state index in [0.29, 0.717) is 6.04 Å². The lowest BCUT2D eigenvalue weighted by Crippen LogP contribution is -2.49. The highest BCUT2D eigenvalue weighted by Gasteiger charge is 2.23. The molecule has 0 spiro atoms. The van der Waals surface area contributed by atoms with Gasteiger partial charge in [0.15, 0.2) is 11.1 Å². The van der Waals surface area contributed by atoms with Crippen LogP contribution in [0.3, 0.4) is 0 Å². The molecule has 1 saturated carbocycles. The molecule has 31 heavy (non-hydrogen) atoms. The number of likely N-dealkylation sites (tertiary alicyclic amines) is 1. The van der Waals surface area contributed by atoms with Gasteiger partial charge >= 0.3 is 0 Å². The number of thiazole rings is 1. The van der Waals surface area contributed by atoms with Gasteiger partial charge in [0.1, 0.15) is 0 Å². The van der Waals surface area contributed by atoms with Crippen LogP contribution >= 0.6 is 35.3 Å². The maximum Gasteiger partial charge on any atom is 0.191 e. The summed E-state index contributed by atoms with van der Waals surface area (Å²) in [6.45, 7) is 6.99. The van der Waals surface area contributed by atoms with Crippen LogP contribution in [0.25, 0.3) is 0 Å². The van der Waals surface area contributed by atoms with Crippen LogP contribution in [0.5, 0.6) is 0 Å². The van der Waals surface area contributed by atoms with Crippen LogP contribution < -0.4 is 15.5 Å². The van der Waals surface area contributed by atoms with Gasteiger partial charge in [-0.05, 0) is 44.4 Å². The van der Waals surface area contributed by atoms with Crippen molar-refractivity contribution in [3.8, 4) is 0 Å². The van der Waals surface area contributed by atoms with Crippen molar-refractivity contribution in [1.29, 1.82) is 0 Å². The molecule has 0 radical (unpaired) electrons. The highest BCUT2D eigenvalue weighted by atomic mass is 127. The van der Waals surface area contributed by atoms with Gasteiger partial charge in [0.25, 0.3) is 0 Å². The Morgan fingerprint density at radius 1 is 1.06 bits per heavy atom. The quantitative estimate of drug-likeness (QED) is 0.299. The van der Waals surface area contributed by atoms with E-state index in [-0.39, 0.29) is 24.0 Å². The molecule has 2 saturated heterocycles. The molecule has 0 bridgehead atoms. The van der Waals surface area contributed by atoms with Crippen molar-refractivity contribution in [2.24, 2.45) is 10.9 Å². The fraction of sp³-hybridized carbons (Fsp3) is 0.826. The number of rotatable bonds is 7. The lowest BCUT2D eigenvalue weighted by Gasteiger charge is -2.36. The highest BCUT2D eigenvalue weighted by Crippen LogP contribution is 2.26. The smallest absolute Gasteiger partial charge is 0.191 e. The molecule has 1 aromatic heterocycles. The van der Waals surface area contributed by atoms with E-state index < -0.39 is 0 Å². The number of guanidine groups is 1. The van der Waals surface area contributed by atoms with Crippen LogP contribution in [0.4, 0.5) is 5.13 Å². The molecule has 0 atom stereocenters. The Balaban J connectivity index is 0.00000272. The minimum atomic E-state index is 0. The van der Waals surface area contributed by atoms with E-state index in [2.05, 4.69) is 30.8 Å². The van der Waals surface area contributed by atoms with Crippen molar-refractivity contribution >= 4 is 46.4 Å². The number of hydrogen-bond donors (Lipinski definition) is 2. The Labute approximate surface area is 209 Å². The summed E-state index contributed by atoms with van der Waals surface area (Å²) in [7, 11) is 1.88. The van der Waals surface area contributed by atoms with Gasteiger partial charge in [0.05, 0.1) is 5.69 Å². The average Bonchev–Trinajstić information content (AvgIpc) is 3.47. The number of anilines is 1. The van der Waals surface area contributed by atoms with E-state index in [1.165, 1.54) is 101 Å². The van der Waals surface area contributed by atoms with Crippen LogP contribution in [0.15, 0.2) is 10.4 Å². The summed E-state index contributed by atoms with van der Waals surface area (Å²) in [6.07, 6.45) is 13.3. The Bertz CT molecular complexity index is 661. The SMILES string of the molecule is CN=C(NCCc1csc(N2CCCC2)n1)NC1CCN(CC2CCCCC2)CC1.I. The topological polar surface area (TPSA) is 55.8 Å². The number of nitrogens with one attached hydrogen (secondary N) is 2. The van der Waals surface area contributed by atoms with Crippen LogP contribution in [-0.4, -0.2) is 68.2 Å². The third-order valence-electron chi connectivity index (χ3n) is 6.98. The lowest BCUT2D eigenvalue weighted by atomic mass is 9.88. The molecule has 2 N–H and O–H groups in total. The average molecular weight is 561 g/mol. The fourth-order valence-electron chi connectivity index (χ4n) is 5.16. The molecule has 2 aliphatic heterocycles. The van der Waals surface area contributed by atoms with Gasteiger partial charge in [-0.25, -0.2) is 4.98 Å². The Morgan fingerprint density at radius 2 is 1.81 bits per heavy atom. The van der Waals surface area contributed by atoms with Gasteiger partial charge in [-0.15, -0.1) is 35.3 Å². The second-order valence-electron chi connectivity index (χ2n) is 9.29. The maximum atomic E-state index is 4.83. The molecule has 3 fully saturated rings. The molecule has 176 valence electrons. The summed E-state index contributed by atoms with van der Waals surface area (Å²) in [5.74, 6) is 1.89. The van der Waals surface area contributed by atoms with Crippen molar-refractivity contribution in [3.63, 3.8) is 0 Å². The van der Waals surface area contributed by atoms with E-state index >= 15 is 0 Å². The summed E-state index contributed by atoms with van der Waals surface area (Å²) in [6, 6.07) is 0.542. The molecular formula is C23H41IN6S. The number of aromatic nitrogens is 1. The van der Waals surface area contributed by atoms with Gasteiger partial charge in [-0.3, -0.25) is 4.99 Å². The van der Waals surface area contributed by atoms with E-state index in [0.717, 1.165) is 24.8 Å². The van der Waals surface area contributed by atoms with Crippen molar-refractivity contribution in [3.05, 3.63) is 11.1 Å². The third kappa shape index (κ3) is 7.74. The second kappa shape index (κ2) is 13.2. The predicted molar refractivity (Wildman–Crippen MR) is 143 cm³/mol. The molecule has 6 nitrogen and oxygen atoms in total. The zero-order valence-corrected chi connectivity index (χ0v) is 22.3. The molecule has 1 aromatic rings. The monoisotopic (exact) mass is 560 g/mol. The summed E-state index contributed by atoms with van der Waals surface area (Å²) >= 11 is 1.79. The first-order chi connectivity index (χ1) is 14.8. The number of aliphatic imine (C=N–C) groups is 1. The Morgan fingerprint density at radius 3 is 2.52 bits per heavy atom. The van der Waals surface area contributed by atoms with Crippen molar-refractivity contribution < 1.29 is 0 Å². The molecular weight excluding hydrogens is 519 g/mol. The van der Waals surface area contributed by atoms with Crippen molar-refractivity contribution in [1.82, 2.24) is 20.5 Å². The zero-order valence-electron chi connectivity index (χ0n) is 19.2. The van der Waals surface area contributed by atoms with Crippen LogP contribution in [0, 0.1) is 5.92 Å². The zero-order chi connectivity index (χ0) is 20.6. The molecule has 0 aromatic carbocycles. The molecule has 8 heteroatoms. The van der Waals surface area contributed by atoms with Gasteiger partial charge < -0.3 is 20.4 Å².